The van der Waals surface area contributed by atoms with E-state index in [9.17, 15) is 9.59 Å². The summed E-state index contributed by atoms with van der Waals surface area (Å²) in [6.07, 6.45) is 2.26. The fourth-order valence-electron chi connectivity index (χ4n) is 3.25. The summed E-state index contributed by atoms with van der Waals surface area (Å²) in [6.45, 7) is 3.85. The largest absolute Gasteiger partial charge is 0.342 e. The number of aromatic nitrogens is 2. The molecular formula is C18H19N3O2S3. The fraction of sp³-hybridized carbons (Fsp3) is 0.389. The maximum Gasteiger partial charge on any atom is 0.260 e. The lowest BCUT2D eigenvalue weighted by Gasteiger charge is -2.30. The quantitative estimate of drug-likeness (QED) is 0.525. The number of aromatic amines is 1. The number of nitrogens with one attached hydrogen (secondary N) is 1. The smallest absolute Gasteiger partial charge is 0.260 e. The second-order valence-corrected chi connectivity index (χ2v) is 9.32. The molecule has 0 aromatic carbocycles. The normalized spacial score (nSPS) is 17.7. The summed E-state index contributed by atoms with van der Waals surface area (Å²) in [5.74, 6) is 0.994. The standard InChI is InChI=1S/C18H19N3O2S3/c1-11-4-2-6-21(8-11)14(22)10-26-18-19-16(23)15-12(9-25-17(15)20-18)13-5-3-7-24-13/h3,5,7,9,11H,2,4,6,8,10H2,1H3,(H,19,20,23)/t11-/m1/s1. The molecule has 1 saturated heterocycles. The molecule has 1 atom stereocenters. The maximum atomic E-state index is 12.6. The van der Waals surface area contributed by atoms with Crippen LogP contribution < -0.4 is 5.56 Å². The first-order chi connectivity index (χ1) is 12.6. The van der Waals surface area contributed by atoms with Crippen molar-refractivity contribution in [2.75, 3.05) is 18.8 Å². The summed E-state index contributed by atoms with van der Waals surface area (Å²) in [5, 5.41) is 5.13. The zero-order valence-electron chi connectivity index (χ0n) is 14.4. The highest BCUT2D eigenvalue weighted by Gasteiger charge is 2.21. The van der Waals surface area contributed by atoms with Crippen LogP contribution >= 0.6 is 34.4 Å². The van der Waals surface area contributed by atoms with Crippen LogP contribution in [0.4, 0.5) is 0 Å². The fourth-order valence-corrected chi connectivity index (χ4v) is 5.83. The van der Waals surface area contributed by atoms with Gasteiger partial charge in [0.25, 0.3) is 5.56 Å². The average Bonchev–Trinajstić information content (AvgIpc) is 3.29. The third-order valence-corrected chi connectivity index (χ3v) is 7.18. The molecule has 1 fully saturated rings. The molecule has 3 aromatic rings. The Hall–Kier alpha value is -1.64. The third-order valence-electron chi connectivity index (χ3n) is 4.55. The number of likely N-dealkylation sites (tertiary alicyclic amines) is 1. The predicted molar refractivity (Wildman–Crippen MR) is 109 cm³/mol. The van der Waals surface area contributed by atoms with Crippen LogP contribution in [0.3, 0.4) is 0 Å². The summed E-state index contributed by atoms with van der Waals surface area (Å²) < 4.78 is 0. The second-order valence-electron chi connectivity index (χ2n) is 6.55. The lowest BCUT2D eigenvalue weighted by molar-refractivity contribution is -0.130. The lowest BCUT2D eigenvalue weighted by Crippen LogP contribution is -2.40. The number of fused-ring (bicyclic) bond motifs is 1. The van der Waals surface area contributed by atoms with Crippen molar-refractivity contribution in [1.82, 2.24) is 14.9 Å². The van der Waals surface area contributed by atoms with Crippen LogP contribution in [0.1, 0.15) is 19.8 Å². The lowest BCUT2D eigenvalue weighted by atomic mass is 10.0. The van der Waals surface area contributed by atoms with Crippen molar-refractivity contribution < 1.29 is 4.79 Å². The molecule has 4 heterocycles. The van der Waals surface area contributed by atoms with Gasteiger partial charge in [-0.2, -0.15) is 0 Å². The highest BCUT2D eigenvalue weighted by Crippen LogP contribution is 2.34. The van der Waals surface area contributed by atoms with E-state index in [0.717, 1.165) is 34.8 Å². The second kappa shape index (κ2) is 7.54. The van der Waals surface area contributed by atoms with E-state index < -0.39 is 0 Å². The summed E-state index contributed by atoms with van der Waals surface area (Å²) in [5.41, 5.74) is 0.796. The molecule has 3 aromatic heterocycles. The van der Waals surface area contributed by atoms with Gasteiger partial charge >= 0.3 is 0 Å². The minimum absolute atomic E-state index is 0.120. The zero-order valence-corrected chi connectivity index (χ0v) is 16.8. The number of hydrogen-bond donors (Lipinski definition) is 1. The minimum atomic E-state index is -0.138. The first-order valence-electron chi connectivity index (χ1n) is 8.58. The third kappa shape index (κ3) is 3.58. The summed E-state index contributed by atoms with van der Waals surface area (Å²) in [7, 11) is 0. The van der Waals surface area contributed by atoms with E-state index in [1.807, 2.05) is 27.8 Å². The molecule has 4 rings (SSSR count). The molecular weight excluding hydrogens is 386 g/mol. The van der Waals surface area contributed by atoms with Gasteiger partial charge in [0, 0.05) is 28.9 Å². The maximum absolute atomic E-state index is 12.6. The number of carbonyl (C=O) groups excluding carboxylic acids is 1. The summed E-state index contributed by atoms with van der Waals surface area (Å²) in [4.78, 5) is 36.1. The van der Waals surface area contributed by atoms with Gasteiger partial charge in [0.2, 0.25) is 5.91 Å². The predicted octanol–water partition coefficient (Wildman–Crippen LogP) is 4.06. The highest BCUT2D eigenvalue weighted by molar-refractivity contribution is 7.99. The van der Waals surface area contributed by atoms with Gasteiger partial charge in [-0.3, -0.25) is 9.59 Å². The Morgan fingerprint density at radius 2 is 2.35 bits per heavy atom. The molecule has 8 heteroatoms. The van der Waals surface area contributed by atoms with Gasteiger partial charge in [-0.25, -0.2) is 4.98 Å². The molecule has 5 nitrogen and oxygen atoms in total. The molecule has 1 N–H and O–H groups in total. The Morgan fingerprint density at radius 3 is 3.12 bits per heavy atom. The van der Waals surface area contributed by atoms with E-state index in [0.29, 0.717) is 22.2 Å². The van der Waals surface area contributed by atoms with Gasteiger partial charge < -0.3 is 9.88 Å². The number of hydrogen-bond acceptors (Lipinski definition) is 6. The van der Waals surface area contributed by atoms with Crippen molar-refractivity contribution in [3.8, 4) is 10.4 Å². The Labute approximate surface area is 163 Å². The van der Waals surface area contributed by atoms with Crippen LogP contribution in [0.5, 0.6) is 0 Å². The minimum Gasteiger partial charge on any atom is -0.342 e. The number of carbonyl (C=O) groups is 1. The van der Waals surface area contributed by atoms with Crippen molar-refractivity contribution in [3.05, 3.63) is 33.2 Å². The van der Waals surface area contributed by atoms with Gasteiger partial charge in [-0.1, -0.05) is 24.8 Å². The molecule has 0 radical (unpaired) electrons. The van der Waals surface area contributed by atoms with Gasteiger partial charge in [-0.15, -0.1) is 22.7 Å². The first kappa shape index (κ1) is 17.8. The Bertz CT molecular complexity index is 977. The van der Waals surface area contributed by atoms with E-state index in [-0.39, 0.29) is 11.5 Å². The number of thioether (sulfide) groups is 1. The monoisotopic (exact) mass is 405 g/mol. The Balaban J connectivity index is 1.51. The van der Waals surface area contributed by atoms with Gasteiger partial charge in [0.1, 0.15) is 4.83 Å². The molecule has 0 bridgehead atoms. The molecule has 0 unspecified atom stereocenters. The van der Waals surface area contributed by atoms with Crippen molar-refractivity contribution in [3.63, 3.8) is 0 Å². The number of amides is 1. The van der Waals surface area contributed by atoms with Crippen LogP contribution in [0, 0.1) is 5.92 Å². The summed E-state index contributed by atoms with van der Waals surface area (Å²) in [6, 6.07) is 3.98. The average molecular weight is 406 g/mol. The molecule has 1 aliphatic rings. The van der Waals surface area contributed by atoms with Crippen molar-refractivity contribution in [2.45, 2.75) is 24.9 Å². The number of piperidine rings is 1. The van der Waals surface area contributed by atoms with E-state index in [2.05, 4.69) is 16.9 Å². The zero-order chi connectivity index (χ0) is 18.1. The number of thiophene rings is 2. The molecule has 136 valence electrons. The van der Waals surface area contributed by atoms with Gasteiger partial charge in [0.15, 0.2) is 5.16 Å². The van der Waals surface area contributed by atoms with E-state index in [1.54, 1.807) is 11.3 Å². The number of rotatable bonds is 4. The van der Waals surface area contributed by atoms with E-state index in [4.69, 9.17) is 0 Å². The topological polar surface area (TPSA) is 66.1 Å². The van der Waals surface area contributed by atoms with Crippen molar-refractivity contribution >= 4 is 50.6 Å². The molecule has 0 saturated carbocycles. The van der Waals surface area contributed by atoms with Crippen LogP contribution in [0.2, 0.25) is 0 Å². The Morgan fingerprint density at radius 1 is 1.46 bits per heavy atom. The first-order valence-corrected chi connectivity index (χ1v) is 11.3. The number of H-pyrrole nitrogens is 1. The van der Waals surface area contributed by atoms with Crippen LogP contribution in [0.25, 0.3) is 20.7 Å². The molecule has 1 aliphatic heterocycles. The Kier molecular flexibility index (Phi) is 5.15. The molecule has 1 amide bonds. The molecule has 0 spiro atoms. The van der Waals surface area contributed by atoms with Crippen LogP contribution in [-0.2, 0) is 4.79 Å². The van der Waals surface area contributed by atoms with Gasteiger partial charge in [0.05, 0.1) is 11.1 Å². The van der Waals surface area contributed by atoms with Crippen LogP contribution in [-0.4, -0.2) is 39.6 Å². The van der Waals surface area contributed by atoms with Gasteiger partial charge in [-0.05, 0) is 30.2 Å². The SMILES string of the molecule is C[C@@H]1CCCN(C(=O)CSc2nc3scc(-c4cccs4)c3c(=O)[nH]2)C1. The van der Waals surface area contributed by atoms with Crippen molar-refractivity contribution in [1.29, 1.82) is 0 Å². The van der Waals surface area contributed by atoms with E-state index >= 15 is 0 Å². The number of nitrogens with zero attached hydrogens (tertiary/aromatic N) is 2. The molecule has 0 aliphatic carbocycles. The molecule has 26 heavy (non-hydrogen) atoms. The van der Waals surface area contributed by atoms with Crippen molar-refractivity contribution in [2.24, 2.45) is 5.92 Å². The summed E-state index contributed by atoms with van der Waals surface area (Å²) >= 11 is 4.39. The highest BCUT2D eigenvalue weighted by atomic mass is 32.2. The van der Waals surface area contributed by atoms with Crippen LogP contribution in [0.15, 0.2) is 32.8 Å². The van der Waals surface area contributed by atoms with E-state index in [1.165, 1.54) is 29.5 Å².